The fourth-order valence-electron chi connectivity index (χ4n) is 1.71. The number of carboxylic acid groups (broad SMARTS) is 1. The molecule has 1 rings (SSSR count). The van der Waals surface area contributed by atoms with Gasteiger partial charge in [-0.25, -0.2) is 13.1 Å². The van der Waals surface area contributed by atoms with Gasteiger partial charge < -0.3 is 15.2 Å². The third kappa shape index (κ3) is 6.88. The molecule has 0 saturated carbocycles. The summed E-state index contributed by atoms with van der Waals surface area (Å²) in [5.41, 5.74) is 0. The summed E-state index contributed by atoms with van der Waals surface area (Å²) < 4.78 is 65.8. The van der Waals surface area contributed by atoms with Crippen molar-refractivity contribution < 1.29 is 41.0 Å². The predicted octanol–water partition coefficient (Wildman–Crippen LogP) is 1.09. The lowest BCUT2D eigenvalue weighted by molar-refractivity contribution is -0.274. The van der Waals surface area contributed by atoms with E-state index in [0.717, 1.165) is 24.3 Å². The molecule has 0 heterocycles. The highest BCUT2D eigenvalue weighted by Crippen LogP contribution is 2.23. The van der Waals surface area contributed by atoms with Crippen molar-refractivity contribution in [2.45, 2.75) is 31.1 Å². The summed E-state index contributed by atoms with van der Waals surface area (Å²) >= 11 is 0. The minimum atomic E-state index is -4.90. The molecular formula is C14H17F3N2O6S. The van der Waals surface area contributed by atoms with E-state index >= 15 is 0 Å². The van der Waals surface area contributed by atoms with Crippen LogP contribution in [-0.2, 0) is 19.6 Å². The highest BCUT2D eigenvalue weighted by atomic mass is 32.2. The molecule has 8 nitrogen and oxygen atoms in total. The van der Waals surface area contributed by atoms with E-state index < -0.39 is 52.5 Å². The van der Waals surface area contributed by atoms with E-state index in [0.29, 0.717) is 0 Å². The lowest BCUT2D eigenvalue weighted by atomic mass is 10.0. The Hall–Kier alpha value is -2.34. The first kappa shape index (κ1) is 21.7. The number of sulfonamides is 1. The molecule has 1 aromatic carbocycles. The maximum absolute atomic E-state index is 12.1. The molecule has 12 heteroatoms. The fourth-order valence-corrected chi connectivity index (χ4v) is 2.69. The second-order valence-electron chi connectivity index (χ2n) is 5.33. The van der Waals surface area contributed by atoms with Crippen molar-refractivity contribution in [1.29, 1.82) is 0 Å². The van der Waals surface area contributed by atoms with Crippen LogP contribution in [0.5, 0.6) is 5.75 Å². The van der Waals surface area contributed by atoms with Crippen molar-refractivity contribution in [2.75, 3.05) is 6.54 Å². The lowest BCUT2D eigenvalue weighted by Crippen LogP contribution is -2.44. The first-order valence-corrected chi connectivity index (χ1v) is 8.68. The van der Waals surface area contributed by atoms with Gasteiger partial charge in [0, 0.05) is 6.04 Å². The van der Waals surface area contributed by atoms with Crippen LogP contribution in [-0.4, -0.2) is 44.3 Å². The Morgan fingerprint density at radius 2 is 1.73 bits per heavy atom. The molecule has 1 aromatic rings. The largest absolute Gasteiger partial charge is 0.573 e. The van der Waals surface area contributed by atoms with Crippen molar-refractivity contribution >= 4 is 21.9 Å². The van der Waals surface area contributed by atoms with Gasteiger partial charge in [0.25, 0.3) is 0 Å². The number of nitrogens with one attached hydrogen (secondary N) is 2. The average Bonchev–Trinajstić information content (AvgIpc) is 2.51. The minimum Gasteiger partial charge on any atom is -0.481 e. The Morgan fingerprint density at radius 3 is 2.19 bits per heavy atom. The quantitative estimate of drug-likeness (QED) is 0.603. The lowest BCUT2D eigenvalue weighted by Gasteiger charge is -2.17. The fraction of sp³-hybridized carbons (Fsp3) is 0.429. The van der Waals surface area contributed by atoms with E-state index in [-0.39, 0.29) is 4.90 Å². The molecule has 0 spiro atoms. The number of amides is 1. The molecule has 0 aliphatic heterocycles. The molecule has 3 N–H and O–H groups in total. The van der Waals surface area contributed by atoms with Crippen molar-refractivity contribution in [3.05, 3.63) is 24.3 Å². The van der Waals surface area contributed by atoms with Gasteiger partial charge in [-0.1, -0.05) is 0 Å². The SMILES string of the molecule is CC(NC(=O)CNS(=O)(=O)c1ccc(OC(F)(F)F)cc1)C(C)C(=O)O. The van der Waals surface area contributed by atoms with Crippen LogP contribution in [0.25, 0.3) is 0 Å². The molecule has 0 radical (unpaired) electrons. The number of ether oxygens (including phenoxy) is 1. The number of carbonyl (C=O) groups excluding carboxylic acids is 1. The Balaban J connectivity index is 2.66. The second kappa shape index (κ2) is 8.36. The topological polar surface area (TPSA) is 122 Å². The van der Waals surface area contributed by atoms with Gasteiger partial charge in [0.2, 0.25) is 15.9 Å². The number of halogens is 3. The number of hydrogen-bond acceptors (Lipinski definition) is 5. The smallest absolute Gasteiger partial charge is 0.481 e. The van der Waals surface area contributed by atoms with Crippen LogP contribution in [0.4, 0.5) is 13.2 Å². The zero-order chi connectivity index (χ0) is 20.1. The Bertz CT molecular complexity index is 749. The van der Waals surface area contributed by atoms with Gasteiger partial charge in [0.15, 0.2) is 0 Å². The van der Waals surface area contributed by atoms with Crippen LogP contribution < -0.4 is 14.8 Å². The third-order valence-electron chi connectivity index (χ3n) is 3.32. The van der Waals surface area contributed by atoms with Crippen LogP contribution >= 0.6 is 0 Å². The molecular weight excluding hydrogens is 381 g/mol. The molecule has 0 bridgehead atoms. The van der Waals surface area contributed by atoms with Crippen molar-refractivity contribution in [3.63, 3.8) is 0 Å². The average molecular weight is 398 g/mol. The van der Waals surface area contributed by atoms with E-state index in [1.807, 2.05) is 4.72 Å². The summed E-state index contributed by atoms with van der Waals surface area (Å²) in [6.45, 7) is 2.16. The van der Waals surface area contributed by atoms with Crippen LogP contribution in [0.2, 0.25) is 0 Å². The first-order valence-electron chi connectivity index (χ1n) is 7.19. The van der Waals surface area contributed by atoms with Gasteiger partial charge in [-0.15, -0.1) is 13.2 Å². The molecule has 1 amide bonds. The van der Waals surface area contributed by atoms with Crippen LogP contribution in [0.15, 0.2) is 29.2 Å². The van der Waals surface area contributed by atoms with Crippen LogP contribution in [0.1, 0.15) is 13.8 Å². The molecule has 0 aromatic heterocycles. The number of hydrogen-bond donors (Lipinski definition) is 3. The number of aliphatic carboxylic acids is 1. The van der Waals surface area contributed by atoms with Gasteiger partial charge in [0.1, 0.15) is 5.75 Å². The Kier molecular flexibility index (Phi) is 6.98. The summed E-state index contributed by atoms with van der Waals surface area (Å²) in [6, 6.07) is 2.67. The molecule has 2 atom stereocenters. The highest BCUT2D eigenvalue weighted by molar-refractivity contribution is 7.89. The zero-order valence-corrected chi connectivity index (χ0v) is 14.5. The molecule has 2 unspecified atom stereocenters. The second-order valence-corrected chi connectivity index (χ2v) is 7.09. The van der Waals surface area contributed by atoms with Gasteiger partial charge in [-0.3, -0.25) is 9.59 Å². The first-order chi connectivity index (χ1) is 11.8. The zero-order valence-electron chi connectivity index (χ0n) is 13.7. The molecule has 0 fully saturated rings. The van der Waals surface area contributed by atoms with Gasteiger partial charge in [-0.05, 0) is 38.1 Å². The monoisotopic (exact) mass is 398 g/mol. The third-order valence-corrected chi connectivity index (χ3v) is 4.74. The molecule has 0 aliphatic rings. The Labute approximate surface area is 147 Å². The van der Waals surface area contributed by atoms with E-state index in [1.54, 1.807) is 0 Å². The summed E-state index contributed by atoms with van der Waals surface area (Å²) in [6.07, 6.45) is -4.90. The number of benzene rings is 1. The predicted molar refractivity (Wildman–Crippen MR) is 82.7 cm³/mol. The van der Waals surface area contributed by atoms with Gasteiger partial charge in [-0.2, -0.15) is 0 Å². The molecule has 146 valence electrons. The van der Waals surface area contributed by atoms with E-state index in [2.05, 4.69) is 10.1 Å². The van der Waals surface area contributed by atoms with E-state index in [4.69, 9.17) is 5.11 Å². The van der Waals surface area contributed by atoms with Crippen molar-refractivity contribution in [3.8, 4) is 5.75 Å². The van der Waals surface area contributed by atoms with Crippen molar-refractivity contribution in [2.24, 2.45) is 5.92 Å². The van der Waals surface area contributed by atoms with Crippen LogP contribution in [0.3, 0.4) is 0 Å². The number of alkyl halides is 3. The van der Waals surface area contributed by atoms with Crippen molar-refractivity contribution in [1.82, 2.24) is 10.0 Å². The summed E-state index contributed by atoms with van der Waals surface area (Å²) in [4.78, 5) is 22.1. The number of carbonyl (C=O) groups is 2. The number of rotatable bonds is 8. The molecule has 26 heavy (non-hydrogen) atoms. The van der Waals surface area contributed by atoms with Gasteiger partial charge >= 0.3 is 12.3 Å². The highest BCUT2D eigenvalue weighted by Gasteiger charge is 2.31. The molecule has 0 aliphatic carbocycles. The van der Waals surface area contributed by atoms with Gasteiger partial charge in [0.05, 0.1) is 17.4 Å². The molecule has 0 saturated heterocycles. The maximum Gasteiger partial charge on any atom is 0.573 e. The normalized spacial score (nSPS) is 14.3. The standard InChI is InChI=1S/C14H17F3N2O6S/c1-8(13(21)22)9(2)19-12(20)7-18-26(23,24)11-5-3-10(4-6-11)25-14(15,16)17/h3-6,8-9,18H,7H2,1-2H3,(H,19,20)(H,21,22). The Morgan fingerprint density at radius 1 is 1.19 bits per heavy atom. The summed E-state index contributed by atoms with van der Waals surface area (Å²) in [5.74, 6) is -3.35. The summed E-state index contributed by atoms with van der Waals surface area (Å²) in [7, 11) is -4.15. The maximum atomic E-state index is 12.1. The summed E-state index contributed by atoms with van der Waals surface area (Å²) in [5, 5.41) is 11.2. The van der Waals surface area contributed by atoms with E-state index in [1.165, 1.54) is 13.8 Å². The minimum absolute atomic E-state index is 0.369. The van der Waals surface area contributed by atoms with E-state index in [9.17, 15) is 31.2 Å². The van der Waals surface area contributed by atoms with Crippen LogP contribution in [0, 0.1) is 5.92 Å². The number of carboxylic acids is 1.